The Balaban J connectivity index is 1.38. The molecule has 0 saturated carbocycles. The predicted octanol–water partition coefficient (Wildman–Crippen LogP) is 3.47. The number of rotatable bonds is 5. The monoisotopic (exact) mass is 443 g/mol. The Morgan fingerprint density at radius 2 is 1.90 bits per heavy atom. The molecule has 0 N–H and O–H groups in total. The molecule has 0 unspecified atom stereocenters. The molecule has 0 bridgehead atoms. The second-order valence-corrected chi connectivity index (χ2v) is 7.89. The zero-order valence-corrected chi connectivity index (χ0v) is 17.6. The third-order valence-electron chi connectivity index (χ3n) is 5.34. The van der Waals surface area contributed by atoms with E-state index in [2.05, 4.69) is 4.90 Å². The number of nitrogens with zero attached hydrogens (tertiary/aromatic N) is 3. The Morgan fingerprint density at radius 3 is 2.61 bits per heavy atom. The smallest absolute Gasteiger partial charge is 0.270 e. The number of non-ortho nitro benzene ring substituents is 1. The lowest BCUT2D eigenvalue weighted by Crippen LogP contribution is -2.47. The van der Waals surface area contributed by atoms with Crippen molar-refractivity contribution in [3.8, 4) is 5.75 Å². The highest BCUT2D eigenvalue weighted by Gasteiger charge is 2.22. The first-order chi connectivity index (χ1) is 15.0. The topological polar surface area (TPSA) is 85.1 Å². The molecular weight excluding hydrogens is 422 g/mol. The molecule has 1 amide bonds. The van der Waals surface area contributed by atoms with Gasteiger partial charge in [0.05, 0.1) is 11.5 Å². The summed E-state index contributed by atoms with van der Waals surface area (Å²) in [7, 11) is 0. The molecule has 8 nitrogen and oxygen atoms in total. The van der Waals surface area contributed by atoms with Crippen molar-refractivity contribution in [2.75, 3.05) is 33.0 Å². The van der Waals surface area contributed by atoms with Crippen molar-refractivity contribution in [2.24, 2.45) is 0 Å². The van der Waals surface area contributed by atoms with Crippen LogP contribution in [0.2, 0.25) is 5.02 Å². The average molecular weight is 444 g/mol. The Hall–Kier alpha value is -2.94. The highest BCUT2D eigenvalue weighted by atomic mass is 35.5. The van der Waals surface area contributed by atoms with Crippen LogP contribution in [0.1, 0.15) is 16.7 Å². The molecule has 2 heterocycles. The van der Waals surface area contributed by atoms with Crippen LogP contribution in [0.3, 0.4) is 0 Å². The first kappa shape index (κ1) is 21.3. The van der Waals surface area contributed by atoms with Crippen LogP contribution in [0, 0.1) is 10.1 Å². The lowest BCUT2D eigenvalue weighted by atomic mass is 10.1. The molecule has 0 radical (unpaired) electrons. The number of benzene rings is 2. The fourth-order valence-corrected chi connectivity index (χ4v) is 3.83. The summed E-state index contributed by atoms with van der Waals surface area (Å²) in [6.07, 6.45) is 3.03. The summed E-state index contributed by atoms with van der Waals surface area (Å²) >= 11 is 5.93. The van der Waals surface area contributed by atoms with Crippen molar-refractivity contribution < 1.29 is 19.2 Å². The molecule has 0 aliphatic carbocycles. The normalized spacial score (nSPS) is 16.7. The van der Waals surface area contributed by atoms with E-state index in [1.165, 1.54) is 23.8 Å². The molecule has 2 aromatic carbocycles. The Bertz CT molecular complexity index is 1000. The zero-order valence-electron chi connectivity index (χ0n) is 16.8. The summed E-state index contributed by atoms with van der Waals surface area (Å²) in [5.41, 5.74) is 2.23. The number of nitro groups is 1. The van der Waals surface area contributed by atoms with Crippen molar-refractivity contribution in [1.82, 2.24) is 9.80 Å². The van der Waals surface area contributed by atoms with Crippen LogP contribution in [0.25, 0.3) is 6.08 Å². The van der Waals surface area contributed by atoms with Gasteiger partial charge in [0, 0.05) is 67.1 Å². The molecule has 2 aliphatic rings. The number of carbonyl (C=O) groups excluding carboxylic acids is 1. The summed E-state index contributed by atoms with van der Waals surface area (Å²) in [5, 5.41) is 11.9. The Labute approximate surface area is 184 Å². The number of nitro benzene ring substituents is 1. The summed E-state index contributed by atoms with van der Waals surface area (Å²) in [5.74, 6) is 0.396. The number of halogens is 1. The number of carbonyl (C=O) groups is 1. The van der Waals surface area contributed by atoms with E-state index in [0.717, 1.165) is 19.6 Å². The minimum absolute atomic E-state index is 0.0595. The van der Waals surface area contributed by atoms with E-state index in [-0.39, 0.29) is 25.0 Å². The van der Waals surface area contributed by atoms with Crippen LogP contribution in [0.15, 0.2) is 42.5 Å². The zero-order chi connectivity index (χ0) is 21.8. The van der Waals surface area contributed by atoms with Crippen LogP contribution in [-0.4, -0.2) is 53.6 Å². The second kappa shape index (κ2) is 9.47. The maximum Gasteiger partial charge on any atom is 0.270 e. The van der Waals surface area contributed by atoms with E-state index in [1.54, 1.807) is 11.0 Å². The van der Waals surface area contributed by atoms with Crippen LogP contribution in [0.4, 0.5) is 5.69 Å². The van der Waals surface area contributed by atoms with Gasteiger partial charge >= 0.3 is 0 Å². The molecule has 1 fully saturated rings. The van der Waals surface area contributed by atoms with Gasteiger partial charge in [-0.2, -0.15) is 0 Å². The molecule has 9 heteroatoms. The fraction of sp³-hybridized carbons (Fsp3) is 0.318. The summed E-state index contributed by atoms with van der Waals surface area (Å²) in [6, 6.07) is 10.6. The number of ether oxygens (including phenoxy) is 2. The molecule has 31 heavy (non-hydrogen) atoms. The molecular formula is C22H22ClN3O5. The van der Waals surface area contributed by atoms with Gasteiger partial charge in [-0.25, -0.2) is 0 Å². The Morgan fingerprint density at radius 1 is 1.16 bits per heavy atom. The van der Waals surface area contributed by atoms with Gasteiger partial charge < -0.3 is 14.4 Å². The highest BCUT2D eigenvalue weighted by Crippen LogP contribution is 2.33. The predicted molar refractivity (Wildman–Crippen MR) is 116 cm³/mol. The molecule has 0 aromatic heterocycles. The SMILES string of the molecule is O=C(/C=C/c1cc([N+](=O)[O-])cc2c1OCOC2)N1CCN(Cc2ccc(Cl)cc2)CC1. The van der Waals surface area contributed by atoms with E-state index in [4.69, 9.17) is 21.1 Å². The van der Waals surface area contributed by atoms with Crippen molar-refractivity contribution in [1.29, 1.82) is 0 Å². The molecule has 4 rings (SSSR count). The van der Waals surface area contributed by atoms with Gasteiger partial charge in [0.25, 0.3) is 5.69 Å². The first-order valence-corrected chi connectivity index (χ1v) is 10.3. The number of amides is 1. The molecule has 0 atom stereocenters. The van der Waals surface area contributed by atoms with Gasteiger partial charge in [0.2, 0.25) is 5.91 Å². The summed E-state index contributed by atoms with van der Waals surface area (Å²) < 4.78 is 10.7. The number of piperazine rings is 1. The highest BCUT2D eigenvalue weighted by molar-refractivity contribution is 6.30. The van der Waals surface area contributed by atoms with E-state index in [9.17, 15) is 14.9 Å². The molecule has 0 spiro atoms. The molecule has 162 valence electrons. The fourth-order valence-electron chi connectivity index (χ4n) is 3.70. The number of hydrogen-bond acceptors (Lipinski definition) is 6. The van der Waals surface area contributed by atoms with Gasteiger partial charge in [-0.15, -0.1) is 0 Å². The summed E-state index contributed by atoms with van der Waals surface area (Å²) in [6.45, 7) is 3.91. The van der Waals surface area contributed by atoms with Gasteiger partial charge in [0.15, 0.2) is 6.79 Å². The lowest BCUT2D eigenvalue weighted by molar-refractivity contribution is -0.385. The molecule has 2 aliphatic heterocycles. The average Bonchev–Trinajstić information content (AvgIpc) is 2.79. The van der Waals surface area contributed by atoms with E-state index >= 15 is 0 Å². The third-order valence-corrected chi connectivity index (χ3v) is 5.60. The van der Waals surface area contributed by atoms with E-state index in [1.807, 2.05) is 24.3 Å². The van der Waals surface area contributed by atoms with Crippen molar-refractivity contribution >= 4 is 29.3 Å². The third kappa shape index (κ3) is 5.22. The van der Waals surface area contributed by atoms with Gasteiger partial charge in [0.1, 0.15) is 5.75 Å². The van der Waals surface area contributed by atoms with Gasteiger partial charge in [-0.3, -0.25) is 19.8 Å². The maximum absolute atomic E-state index is 12.7. The van der Waals surface area contributed by atoms with Crippen LogP contribution in [-0.2, 0) is 22.7 Å². The van der Waals surface area contributed by atoms with E-state index < -0.39 is 4.92 Å². The van der Waals surface area contributed by atoms with Crippen molar-refractivity contribution in [3.63, 3.8) is 0 Å². The van der Waals surface area contributed by atoms with E-state index in [0.29, 0.717) is 35.0 Å². The maximum atomic E-state index is 12.7. The van der Waals surface area contributed by atoms with Crippen LogP contribution >= 0.6 is 11.6 Å². The Kier molecular flexibility index (Phi) is 6.50. The summed E-state index contributed by atoms with van der Waals surface area (Å²) in [4.78, 5) is 27.5. The van der Waals surface area contributed by atoms with Gasteiger partial charge in [-0.05, 0) is 23.8 Å². The van der Waals surface area contributed by atoms with Crippen molar-refractivity contribution in [2.45, 2.75) is 13.2 Å². The second-order valence-electron chi connectivity index (χ2n) is 7.45. The minimum atomic E-state index is -0.464. The standard InChI is InChI=1S/C22H22ClN3O5/c23-19-4-1-16(2-5-19)13-24-7-9-25(10-8-24)21(27)6-3-17-11-20(26(28)29)12-18-14-30-15-31-22(17)18/h1-6,11-12H,7-10,13-15H2/b6-3+. The van der Waals surface area contributed by atoms with Crippen LogP contribution < -0.4 is 4.74 Å². The van der Waals surface area contributed by atoms with Crippen molar-refractivity contribution in [3.05, 3.63) is 74.3 Å². The first-order valence-electron chi connectivity index (χ1n) is 9.95. The number of fused-ring (bicyclic) bond motifs is 1. The number of hydrogen-bond donors (Lipinski definition) is 0. The minimum Gasteiger partial charge on any atom is -0.467 e. The largest absolute Gasteiger partial charge is 0.467 e. The quantitative estimate of drug-likeness (QED) is 0.399. The van der Waals surface area contributed by atoms with Gasteiger partial charge in [-0.1, -0.05) is 23.7 Å². The molecule has 1 saturated heterocycles. The van der Waals surface area contributed by atoms with Crippen LogP contribution in [0.5, 0.6) is 5.75 Å². The lowest BCUT2D eigenvalue weighted by Gasteiger charge is -2.34. The molecule has 2 aromatic rings.